The molecule has 5 nitrogen and oxygen atoms in total. The van der Waals surface area contributed by atoms with Crippen molar-refractivity contribution in [2.24, 2.45) is 11.7 Å². The number of hydrogen-bond acceptors (Lipinski definition) is 3. The molecule has 1 amide bonds. The highest BCUT2D eigenvalue weighted by molar-refractivity contribution is 5.77. The van der Waals surface area contributed by atoms with E-state index in [1.165, 1.54) is 16.7 Å². The van der Waals surface area contributed by atoms with Gasteiger partial charge < -0.3 is 5.73 Å². The van der Waals surface area contributed by atoms with Gasteiger partial charge in [0, 0.05) is 30.4 Å². The fraction of sp³-hybridized carbons (Fsp3) is 0.333. The Hall–Kier alpha value is -2.92. The van der Waals surface area contributed by atoms with Gasteiger partial charge in [-0.3, -0.25) is 9.69 Å². The monoisotopic (exact) mass is 388 g/mol. The van der Waals surface area contributed by atoms with Crippen molar-refractivity contribution in [1.29, 1.82) is 0 Å². The lowest BCUT2D eigenvalue weighted by molar-refractivity contribution is -0.123. The first-order valence-electron chi connectivity index (χ1n) is 10.2. The number of likely N-dealkylation sites (tertiary alicyclic amines) is 1. The Bertz CT molecular complexity index is 1010. The van der Waals surface area contributed by atoms with E-state index < -0.39 is 0 Å². The van der Waals surface area contributed by atoms with E-state index in [0.29, 0.717) is 0 Å². The Kier molecular flexibility index (Phi) is 5.49. The molecule has 2 heterocycles. The highest BCUT2D eigenvalue weighted by Crippen LogP contribution is 2.27. The summed E-state index contributed by atoms with van der Waals surface area (Å²) in [7, 11) is 0. The molecule has 1 aliphatic rings. The molecule has 2 N–H and O–H groups in total. The van der Waals surface area contributed by atoms with Crippen LogP contribution in [0.2, 0.25) is 0 Å². The molecule has 0 radical (unpaired) electrons. The summed E-state index contributed by atoms with van der Waals surface area (Å²) in [6.45, 7) is 6.65. The minimum Gasteiger partial charge on any atom is -0.369 e. The number of aromatic nitrogens is 2. The number of carbonyl (C=O) groups is 1. The number of primary amides is 1. The molecule has 1 aromatic heterocycles. The second kappa shape index (κ2) is 8.21. The van der Waals surface area contributed by atoms with Gasteiger partial charge in [0.25, 0.3) is 0 Å². The Balaban J connectivity index is 1.69. The van der Waals surface area contributed by atoms with Gasteiger partial charge >= 0.3 is 0 Å². The molecule has 1 fully saturated rings. The number of nitrogens with two attached hydrogens (primary N) is 1. The number of nitrogens with zero attached hydrogens (tertiary/aromatic N) is 3. The van der Waals surface area contributed by atoms with Gasteiger partial charge in [-0.25, -0.2) is 4.68 Å². The minimum absolute atomic E-state index is 0.0571. The van der Waals surface area contributed by atoms with Crippen LogP contribution in [0.3, 0.4) is 0 Å². The summed E-state index contributed by atoms with van der Waals surface area (Å²) in [4.78, 5) is 14.0. The summed E-state index contributed by atoms with van der Waals surface area (Å²) in [6, 6.07) is 16.8. The Morgan fingerprint density at radius 2 is 1.93 bits per heavy atom. The molecular formula is C24H28N4O. The largest absolute Gasteiger partial charge is 0.369 e. The molecular weight excluding hydrogens is 360 g/mol. The quantitative estimate of drug-likeness (QED) is 0.722. The molecule has 2 aromatic carbocycles. The van der Waals surface area contributed by atoms with Crippen molar-refractivity contribution >= 4 is 5.91 Å². The summed E-state index contributed by atoms with van der Waals surface area (Å²) in [5.41, 5.74) is 12.3. The van der Waals surface area contributed by atoms with Crippen LogP contribution < -0.4 is 5.73 Å². The molecule has 3 aromatic rings. The molecule has 29 heavy (non-hydrogen) atoms. The highest BCUT2D eigenvalue weighted by atomic mass is 16.1. The molecule has 0 saturated carbocycles. The van der Waals surface area contributed by atoms with E-state index >= 15 is 0 Å². The minimum atomic E-state index is -0.191. The van der Waals surface area contributed by atoms with Crippen LogP contribution in [0.4, 0.5) is 0 Å². The van der Waals surface area contributed by atoms with E-state index in [1.54, 1.807) is 0 Å². The van der Waals surface area contributed by atoms with Crippen molar-refractivity contribution in [3.05, 3.63) is 71.4 Å². The average Bonchev–Trinajstić information content (AvgIpc) is 3.12. The lowest BCUT2D eigenvalue weighted by Crippen LogP contribution is -2.40. The number of hydrogen-bond donors (Lipinski definition) is 1. The molecule has 5 heteroatoms. The van der Waals surface area contributed by atoms with Gasteiger partial charge in [0.1, 0.15) is 0 Å². The Morgan fingerprint density at radius 1 is 1.14 bits per heavy atom. The zero-order valence-electron chi connectivity index (χ0n) is 17.1. The summed E-state index contributed by atoms with van der Waals surface area (Å²) in [6.07, 6.45) is 4.01. The first-order chi connectivity index (χ1) is 14.0. The van der Waals surface area contributed by atoms with Gasteiger partial charge in [0.15, 0.2) is 0 Å². The first kappa shape index (κ1) is 19.4. The second-order valence-corrected chi connectivity index (χ2v) is 8.13. The van der Waals surface area contributed by atoms with Crippen LogP contribution in [0, 0.1) is 19.8 Å². The highest BCUT2D eigenvalue weighted by Gasteiger charge is 2.25. The van der Waals surface area contributed by atoms with Crippen LogP contribution in [-0.2, 0) is 11.3 Å². The van der Waals surface area contributed by atoms with Crippen molar-refractivity contribution < 1.29 is 4.79 Å². The first-order valence-corrected chi connectivity index (χ1v) is 10.2. The van der Waals surface area contributed by atoms with Crippen molar-refractivity contribution in [3.63, 3.8) is 0 Å². The topological polar surface area (TPSA) is 64.2 Å². The van der Waals surface area contributed by atoms with Crippen LogP contribution in [-0.4, -0.2) is 33.7 Å². The van der Waals surface area contributed by atoms with Crippen LogP contribution >= 0.6 is 0 Å². The Labute approximate surface area is 172 Å². The van der Waals surface area contributed by atoms with Crippen molar-refractivity contribution in [3.8, 4) is 16.9 Å². The summed E-state index contributed by atoms with van der Waals surface area (Å²) < 4.78 is 1.96. The van der Waals surface area contributed by atoms with Crippen molar-refractivity contribution in [2.45, 2.75) is 33.2 Å². The predicted octanol–water partition coefficient (Wildman–Crippen LogP) is 3.85. The number of aryl methyl sites for hydroxylation is 2. The van der Waals surface area contributed by atoms with Crippen LogP contribution in [0.15, 0.2) is 54.7 Å². The van der Waals surface area contributed by atoms with Gasteiger partial charge in [-0.2, -0.15) is 5.10 Å². The standard InChI is InChI=1S/C24H28N4O/c1-17-8-10-22(11-9-17)28-16-21(15-27-12-4-7-20(14-27)24(25)29)23(26-28)19-6-3-5-18(2)13-19/h3,5-6,8-11,13,16,20H,4,7,12,14-15H2,1-2H3,(H2,25,29)/t20-/m0/s1. The SMILES string of the molecule is Cc1ccc(-n2cc(CN3CCC[C@H](C(N)=O)C3)c(-c3cccc(C)c3)n2)cc1. The lowest BCUT2D eigenvalue weighted by atomic mass is 9.97. The maximum absolute atomic E-state index is 11.7. The molecule has 0 unspecified atom stereocenters. The average molecular weight is 389 g/mol. The molecule has 1 aliphatic heterocycles. The molecule has 1 saturated heterocycles. The van der Waals surface area contributed by atoms with E-state index in [2.05, 4.69) is 73.5 Å². The maximum atomic E-state index is 11.7. The van der Waals surface area contributed by atoms with Crippen molar-refractivity contribution in [1.82, 2.24) is 14.7 Å². The van der Waals surface area contributed by atoms with E-state index in [4.69, 9.17) is 10.8 Å². The predicted molar refractivity (Wildman–Crippen MR) is 116 cm³/mol. The molecule has 150 valence electrons. The van der Waals surface area contributed by atoms with Crippen LogP contribution in [0.1, 0.15) is 29.5 Å². The molecule has 0 spiro atoms. The third-order valence-corrected chi connectivity index (χ3v) is 5.68. The third kappa shape index (κ3) is 4.40. The van der Waals surface area contributed by atoms with E-state index in [1.807, 2.05) is 4.68 Å². The summed E-state index contributed by atoms with van der Waals surface area (Å²) in [5.74, 6) is -0.248. The number of rotatable bonds is 5. The number of piperidine rings is 1. The van der Waals surface area contributed by atoms with Gasteiger partial charge in [0.05, 0.1) is 17.3 Å². The fourth-order valence-electron chi connectivity index (χ4n) is 4.06. The lowest BCUT2D eigenvalue weighted by Gasteiger charge is -2.31. The van der Waals surface area contributed by atoms with E-state index in [-0.39, 0.29) is 11.8 Å². The van der Waals surface area contributed by atoms with Crippen LogP contribution in [0.5, 0.6) is 0 Å². The number of benzene rings is 2. The maximum Gasteiger partial charge on any atom is 0.221 e. The second-order valence-electron chi connectivity index (χ2n) is 8.13. The molecule has 1 atom stereocenters. The van der Waals surface area contributed by atoms with E-state index in [0.717, 1.165) is 49.4 Å². The summed E-state index contributed by atoms with van der Waals surface area (Å²) >= 11 is 0. The van der Waals surface area contributed by atoms with Gasteiger partial charge in [0.2, 0.25) is 5.91 Å². The van der Waals surface area contributed by atoms with Crippen LogP contribution in [0.25, 0.3) is 16.9 Å². The van der Waals surface area contributed by atoms with E-state index in [9.17, 15) is 4.79 Å². The zero-order valence-corrected chi connectivity index (χ0v) is 17.1. The fourth-order valence-corrected chi connectivity index (χ4v) is 4.06. The van der Waals surface area contributed by atoms with Gasteiger partial charge in [-0.05, 0) is 51.4 Å². The van der Waals surface area contributed by atoms with Gasteiger partial charge in [-0.15, -0.1) is 0 Å². The third-order valence-electron chi connectivity index (χ3n) is 5.68. The molecule has 4 rings (SSSR count). The Morgan fingerprint density at radius 3 is 2.66 bits per heavy atom. The number of carbonyl (C=O) groups excluding carboxylic acids is 1. The summed E-state index contributed by atoms with van der Waals surface area (Å²) in [5, 5.41) is 4.94. The normalized spacial score (nSPS) is 17.4. The van der Waals surface area contributed by atoms with Crippen molar-refractivity contribution in [2.75, 3.05) is 13.1 Å². The zero-order chi connectivity index (χ0) is 20.4. The van der Waals surface area contributed by atoms with Gasteiger partial charge in [-0.1, -0.05) is 41.5 Å². The molecule has 0 bridgehead atoms. The number of amides is 1. The smallest absolute Gasteiger partial charge is 0.221 e. The molecule has 0 aliphatic carbocycles.